The molecule has 1 aliphatic carbocycles. The Morgan fingerprint density at radius 2 is 1.95 bits per heavy atom. The lowest BCUT2D eigenvalue weighted by molar-refractivity contribution is -0.0918. The molecule has 2 aliphatic heterocycles. The second kappa shape index (κ2) is 6.80. The minimum absolute atomic E-state index is 0.000460. The van der Waals surface area contributed by atoms with Crippen LogP contribution in [0.5, 0.6) is 0 Å². The standard InChI is InChI=1S/C18H31NO2/c1-13-9-14(2)18(15(3)10-13)16-12-20-17(21-16)11-19-7-5-4-6-8-19/h9,14-18H,4-8,10-12H2,1-3H3. The van der Waals surface area contributed by atoms with Crippen molar-refractivity contribution in [2.75, 3.05) is 26.2 Å². The zero-order valence-electron chi connectivity index (χ0n) is 13.9. The number of likely N-dealkylation sites (tertiary alicyclic amines) is 1. The molecule has 3 heteroatoms. The highest BCUT2D eigenvalue weighted by Crippen LogP contribution is 2.38. The first-order valence-corrected chi connectivity index (χ1v) is 8.80. The van der Waals surface area contributed by atoms with Gasteiger partial charge in [-0.1, -0.05) is 31.9 Å². The molecule has 0 radical (unpaired) electrons. The molecule has 2 heterocycles. The maximum atomic E-state index is 6.29. The molecule has 0 spiro atoms. The Hall–Kier alpha value is -0.380. The van der Waals surface area contributed by atoms with E-state index < -0.39 is 0 Å². The first-order chi connectivity index (χ1) is 10.1. The lowest BCUT2D eigenvalue weighted by Crippen LogP contribution is -2.39. The smallest absolute Gasteiger partial charge is 0.170 e. The molecule has 0 aromatic carbocycles. The summed E-state index contributed by atoms with van der Waals surface area (Å²) >= 11 is 0. The van der Waals surface area contributed by atoms with Crippen molar-refractivity contribution in [3.63, 3.8) is 0 Å². The van der Waals surface area contributed by atoms with Gasteiger partial charge in [-0.05, 0) is 57.0 Å². The zero-order chi connectivity index (χ0) is 14.8. The Morgan fingerprint density at radius 1 is 1.19 bits per heavy atom. The molecule has 0 bridgehead atoms. The van der Waals surface area contributed by atoms with Crippen LogP contribution in [0.25, 0.3) is 0 Å². The summed E-state index contributed by atoms with van der Waals surface area (Å²) in [7, 11) is 0. The second-order valence-electron chi connectivity index (χ2n) is 7.43. The lowest BCUT2D eigenvalue weighted by Gasteiger charge is -2.36. The molecule has 120 valence electrons. The number of hydrogen-bond acceptors (Lipinski definition) is 3. The van der Waals surface area contributed by atoms with E-state index in [4.69, 9.17) is 9.47 Å². The molecule has 2 saturated heterocycles. The third-order valence-corrected chi connectivity index (χ3v) is 5.51. The highest BCUT2D eigenvalue weighted by molar-refractivity contribution is 5.09. The third kappa shape index (κ3) is 3.69. The van der Waals surface area contributed by atoms with Crippen LogP contribution in [0, 0.1) is 17.8 Å². The summed E-state index contributed by atoms with van der Waals surface area (Å²) < 4.78 is 12.2. The highest BCUT2D eigenvalue weighted by Gasteiger charge is 2.39. The van der Waals surface area contributed by atoms with Gasteiger partial charge in [0.2, 0.25) is 0 Å². The molecule has 21 heavy (non-hydrogen) atoms. The number of nitrogens with zero attached hydrogens (tertiary/aromatic N) is 1. The van der Waals surface area contributed by atoms with E-state index in [-0.39, 0.29) is 12.4 Å². The van der Waals surface area contributed by atoms with E-state index in [9.17, 15) is 0 Å². The van der Waals surface area contributed by atoms with Crippen molar-refractivity contribution in [3.8, 4) is 0 Å². The number of allylic oxidation sites excluding steroid dienone is 2. The Kier molecular flexibility index (Phi) is 5.03. The molecule has 3 rings (SSSR count). The molecule has 0 amide bonds. The largest absolute Gasteiger partial charge is 0.349 e. The van der Waals surface area contributed by atoms with Crippen LogP contribution in [0.4, 0.5) is 0 Å². The first-order valence-electron chi connectivity index (χ1n) is 8.80. The summed E-state index contributed by atoms with van der Waals surface area (Å²) in [6, 6.07) is 0. The minimum atomic E-state index is -0.000460. The van der Waals surface area contributed by atoms with Crippen LogP contribution in [0.1, 0.15) is 46.5 Å². The number of rotatable bonds is 3. The van der Waals surface area contributed by atoms with Crippen LogP contribution >= 0.6 is 0 Å². The summed E-state index contributed by atoms with van der Waals surface area (Å²) in [5, 5.41) is 0. The number of ether oxygens (including phenoxy) is 2. The van der Waals surface area contributed by atoms with Gasteiger partial charge in [0.1, 0.15) is 0 Å². The summed E-state index contributed by atoms with van der Waals surface area (Å²) in [6.45, 7) is 11.1. The minimum Gasteiger partial charge on any atom is -0.349 e. The zero-order valence-corrected chi connectivity index (χ0v) is 13.9. The van der Waals surface area contributed by atoms with E-state index >= 15 is 0 Å². The summed E-state index contributed by atoms with van der Waals surface area (Å²) in [4.78, 5) is 2.51. The van der Waals surface area contributed by atoms with Gasteiger partial charge >= 0.3 is 0 Å². The predicted molar refractivity (Wildman–Crippen MR) is 85.1 cm³/mol. The summed E-state index contributed by atoms with van der Waals surface area (Å²) in [6.07, 6.45) is 7.98. The van der Waals surface area contributed by atoms with E-state index in [1.54, 1.807) is 0 Å². The molecule has 3 nitrogen and oxygen atoms in total. The molecule has 5 unspecified atom stereocenters. The van der Waals surface area contributed by atoms with Crippen LogP contribution in [0.3, 0.4) is 0 Å². The van der Waals surface area contributed by atoms with Crippen molar-refractivity contribution in [3.05, 3.63) is 11.6 Å². The molecule has 0 N–H and O–H groups in total. The summed E-state index contributed by atoms with van der Waals surface area (Å²) in [5.41, 5.74) is 1.54. The third-order valence-electron chi connectivity index (χ3n) is 5.51. The number of piperidine rings is 1. The molecule has 3 aliphatic rings. The predicted octanol–water partition coefficient (Wildman–Crippen LogP) is 3.45. The molecule has 0 saturated carbocycles. The van der Waals surface area contributed by atoms with Crippen molar-refractivity contribution >= 4 is 0 Å². The molecule has 0 aromatic rings. The van der Waals surface area contributed by atoms with E-state index in [2.05, 4.69) is 31.7 Å². The van der Waals surface area contributed by atoms with E-state index in [0.717, 1.165) is 13.2 Å². The van der Waals surface area contributed by atoms with Crippen molar-refractivity contribution in [1.82, 2.24) is 4.90 Å². The van der Waals surface area contributed by atoms with Gasteiger partial charge in [-0.3, -0.25) is 4.90 Å². The average Bonchev–Trinajstić information content (AvgIpc) is 2.87. The number of hydrogen-bond donors (Lipinski definition) is 0. The normalized spacial score (nSPS) is 42.0. The van der Waals surface area contributed by atoms with E-state index in [1.807, 2.05) is 0 Å². The Balaban J connectivity index is 1.54. The molecule has 2 fully saturated rings. The van der Waals surface area contributed by atoms with Crippen molar-refractivity contribution in [2.24, 2.45) is 17.8 Å². The molecular weight excluding hydrogens is 262 g/mol. The van der Waals surface area contributed by atoms with Gasteiger partial charge in [0.25, 0.3) is 0 Å². The molecular formula is C18H31NO2. The van der Waals surface area contributed by atoms with Crippen molar-refractivity contribution in [2.45, 2.75) is 58.8 Å². The fourth-order valence-corrected chi connectivity index (χ4v) is 4.62. The Bertz CT molecular complexity index is 375. The van der Waals surface area contributed by atoms with Gasteiger partial charge in [-0.15, -0.1) is 0 Å². The van der Waals surface area contributed by atoms with Crippen LogP contribution in [0.15, 0.2) is 11.6 Å². The Morgan fingerprint density at radius 3 is 2.67 bits per heavy atom. The fourth-order valence-electron chi connectivity index (χ4n) is 4.62. The van der Waals surface area contributed by atoms with Gasteiger partial charge in [0.15, 0.2) is 6.29 Å². The van der Waals surface area contributed by atoms with Crippen molar-refractivity contribution < 1.29 is 9.47 Å². The maximum Gasteiger partial charge on any atom is 0.170 e. The average molecular weight is 293 g/mol. The van der Waals surface area contributed by atoms with Gasteiger partial charge < -0.3 is 9.47 Å². The van der Waals surface area contributed by atoms with Crippen LogP contribution in [-0.2, 0) is 9.47 Å². The first kappa shape index (κ1) is 15.5. The molecule has 0 aromatic heterocycles. The molecule has 5 atom stereocenters. The van der Waals surface area contributed by atoms with Gasteiger partial charge in [-0.2, -0.15) is 0 Å². The topological polar surface area (TPSA) is 21.7 Å². The van der Waals surface area contributed by atoms with Crippen LogP contribution in [-0.4, -0.2) is 43.5 Å². The maximum absolute atomic E-state index is 6.29. The van der Waals surface area contributed by atoms with Gasteiger partial charge in [0.05, 0.1) is 12.7 Å². The fraction of sp³-hybridized carbons (Fsp3) is 0.889. The second-order valence-corrected chi connectivity index (χ2v) is 7.43. The quantitative estimate of drug-likeness (QED) is 0.744. The van der Waals surface area contributed by atoms with Crippen LogP contribution < -0.4 is 0 Å². The van der Waals surface area contributed by atoms with Gasteiger partial charge in [-0.25, -0.2) is 0 Å². The van der Waals surface area contributed by atoms with Crippen molar-refractivity contribution in [1.29, 1.82) is 0 Å². The Labute approximate surface area is 129 Å². The van der Waals surface area contributed by atoms with Gasteiger partial charge in [0, 0.05) is 6.54 Å². The lowest BCUT2D eigenvalue weighted by atomic mass is 9.72. The summed E-state index contributed by atoms with van der Waals surface area (Å²) in [5.74, 6) is 1.92. The van der Waals surface area contributed by atoms with E-state index in [1.165, 1.54) is 44.3 Å². The SMILES string of the molecule is CC1=CC(C)C(C2COC(CN3CCCCC3)O2)C(C)C1. The van der Waals surface area contributed by atoms with Crippen LogP contribution in [0.2, 0.25) is 0 Å². The monoisotopic (exact) mass is 293 g/mol. The highest BCUT2D eigenvalue weighted by atomic mass is 16.7. The van der Waals surface area contributed by atoms with E-state index in [0.29, 0.717) is 17.8 Å².